The lowest BCUT2D eigenvalue weighted by atomic mass is 9.68. The summed E-state index contributed by atoms with van der Waals surface area (Å²) in [5.74, 6) is -8.02. The van der Waals surface area contributed by atoms with E-state index in [0.717, 1.165) is 45.5 Å². The van der Waals surface area contributed by atoms with E-state index in [1.807, 2.05) is 60.7 Å². The predicted octanol–water partition coefficient (Wildman–Crippen LogP) is 6.96. The smallest absolute Gasteiger partial charge is 0.330 e. The SMILES string of the molecule is C=CC(=O)OCCOC(=O)CCC(=O)OCC(COc1ccc(C2(c3ccc(OCC(COC(=O)CCC(=O)OCCOC(=O)C=C)C(C)(C)O)cc3)c3ccccc3-c3ccccc32)cc1)OC(=O)C1CC=CCC1C(=O)O. The van der Waals surface area contributed by atoms with E-state index in [4.69, 9.17) is 42.6 Å². The van der Waals surface area contributed by atoms with Crippen LogP contribution < -0.4 is 9.47 Å². The number of carboxylic acid groups (broad SMARTS) is 1. The van der Waals surface area contributed by atoms with Gasteiger partial charge in [0.2, 0.25) is 0 Å². The minimum atomic E-state index is -1.33. The molecule has 19 nitrogen and oxygen atoms in total. The van der Waals surface area contributed by atoms with Crippen molar-refractivity contribution in [1.82, 2.24) is 0 Å². The minimum absolute atomic E-state index is 0.0290. The molecule has 0 aromatic heterocycles. The average Bonchev–Trinajstić information content (AvgIpc) is 3.75. The summed E-state index contributed by atoms with van der Waals surface area (Å²) in [5.41, 5.74) is 3.67. The molecule has 0 saturated carbocycles. The summed E-state index contributed by atoms with van der Waals surface area (Å²) in [7, 11) is 0. The molecule has 0 amide bonds. The molecule has 0 radical (unpaired) electrons. The first-order valence-corrected chi connectivity index (χ1v) is 25.6. The second-order valence-corrected chi connectivity index (χ2v) is 19.0. The van der Waals surface area contributed by atoms with Gasteiger partial charge in [0.05, 0.1) is 61.1 Å². The normalized spacial score (nSPS) is 15.5. The highest BCUT2D eigenvalue weighted by Gasteiger charge is 2.46. The van der Waals surface area contributed by atoms with Crippen LogP contribution in [-0.2, 0) is 76.9 Å². The van der Waals surface area contributed by atoms with Gasteiger partial charge in [0, 0.05) is 12.2 Å². The van der Waals surface area contributed by atoms with Crippen LogP contribution in [0.5, 0.6) is 11.5 Å². The first-order valence-electron chi connectivity index (χ1n) is 25.6. The molecule has 4 atom stereocenters. The van der Waals surface area contributed by atoms with Crippen LogP contribution in [0.4, 0.5) is 0 Å². The Morgan fingerprint density at radius 1 is 0.557 bits per heavy atom. The molecular formula is C60H64O19. The van der Waals surface area contributed by atoms with Gasteiger partial charge < -0.3 is 52.8 Å². The summed E-state index contributed by atoms with van der Waals surface area (Å²) in [5, 5.41) is 20.9. The van der Waals surface area contributed by atoms with Crippen LogP contribution in [-0.4, -0.2) is 123 Å². The van der Waals surface area contributed by atoms with Crippen LogP contribution in [0.1, 0.15) is 74.6 Å². The molecule has 0 heterocycles. The first kappa shape index (κ1) is 59.7. The Kier molecular flexibility index (Phi) is 21.7. The van der Waals surface area contributed by atoms with E-state index >= 15 is 0 Å². The zero-order valence-electron chi connectivity index (χ0n) is 44.0. The molecule has 0 saturated heterocycles. The van der Waals surface area contributed by atoms with Crippen LogP contribution in [0.25, 0.3) is 11.1 Å². The summed E-state index contributed by atoms with van der Waals surface area (Å²) in [6.45, 7) is 7.95. The van der Waals surface area contributed by atoms with Crippen molar-refractivity contribution in [3.8, 4) is 22.6 Å². The van der Waals surface area contributed by atoms with Gasteiger partial charge in [-0.15, -0.1) is 0 Å². The van der Waals surface area contributed by atoms with Gasteiger partial charge in [-0.2, -0.15) is 0 Å². The summed E-state index contributed by atoms with van der Waals surface area (Å²) < 4.78 is 48.5. The molecule has 79 heavy (non-hydrogen) atoms. The molecule has 0 bridgehead atoms. The van der Waals surface area contributed by atoms with Crippen molar-refractivity contribution in [3.63, 3.8) is 0 Å². The number of aliphatic carboxylic acids is 1. The number of carboxylic acids is 1. The van der Waals surface area contributed by atoms with E-state index in [-0.39, 0.29) is 84.8 Å². The molecule has 2 N–H and O–H groups in total. The highest BCUT2D eigenvalue weighted by molar-refractivity contribution is 5.87. The van der Waals surface area contributed by atoms with Gasteiger partial charge in [0.1, 0.15) is 57.7 Å². The maximum atomic E-state index is 13.5. The van der Waals surface area contributed by atoms with Crippen molar-refractivity contribution in [1.29, 1.82) is 0 Å². The first-order chi connectivity index (χ1) is 37.9. The van der Waals surface area contributed by atoms with Gasteiger partial charge in [-0.25, -0.2) is 9.59 Å². The average molecular weight is 1090 g/mol. The van der Waals surface area contributed by atoms with Crippen LogP contribution in [0.2, 0.25) is 0 Å². The number of hydrogen-bond acceptors (Lipinski definition) is 18. The van der Waals surface area contributed by atoms with Gasteiger partial charge >= 0.3 is 47.8 Å². The number of allylic oxidation sites excluding steroid dienone is 2. The van der Waals surface area contributed by atoms with Crippen LogP contribution in [0, 0.1) is 17.8 Å². The number of carbonyl (C=O) groups is 8. The third-order valence-electron chi connectivity index (χ3n) is 13.2. The number of benzene rings is 4. The van der Waals surface area contributed by atoms with Crippen molar-refractivity contribution < 1.29 is 91.2 Å². The van der Waals surface area contributed by atoms with Crippen molar-refractivity contribution in [2.45, 2.75) is 69.5 Å². The zero-order chi connectivity index (χ0) is 57.0. The summed E-state index contributed by atoms with van der Waals surface area (Å²) in [4.78, 5) is 97.7. The highest BCUT2D eigenvalue weighted by atomic mass is 16.6. The fraction of sp³-hybridized carbons (Fsp3) is 0.367. The number of rotatable bonds is 30. The van der Waals surface area contributed by atoms with Crippen LogP contribution >= 0.6 is 0 Å². The van der Waals surface area contributed by atoms with E-state index in [9.17, 15) is 48.6 Å². The maximum Gasteiger partial charge on any atom is 0.330 e. The van der Waals surface area contributed by atoms with Gasteiger partial charge in [-0.05, 0) is 84.3 Å². The monoisotopic (exact) mass is 1090 g/mol. The lowest BCUT2D eigenvalue weighted by Gasteiger charge is -2.34. The third kappa shape index (κ3) is 16.5. The molecule has 0 fully saturated rings. The molecule has 19 heteroatoms. The molecule has 0 spiro atoms. The summed E-state index contributed by atoms with van der Waals surface area (Å²) in [6.07, 6.45) is 3.19. The van der Waals surface area contributed by atoms with Crippen molar-refractivity contribution >= 4 is 47.8 Å². The van der Waals surface area contributed by atoms with Gasteiger partial charge in [-0.1, -0.05) is 98.1 Å². The molecule has 2 aliphatic carbocycles. The van der Waals surface area contributed by atoms with E-state index < -0.39 is 89.2 Å². The molecule has 4 aromatic rings. The lowest BCUT2D eigenvalue weighted by Crippen LogP contribution is -2.39. The number of ether oxygens (including phenoxy) is 9. The lowest BCUT2D eigenvalue weighted by molar-refractivity contribution is -0.169. The Morgan fingerprint density at radius 3 is 1.43 bits per heavy atom. The Hall–Kier alpha value is -8.58. The highest BCUT2D eigenvalue weighted by Crippen LogP contribution is 2.56. The number of carbonyl (C=O) groups excluding carboxylic acids is 7. The predicted molar refractivity (Wildman–Crippen MR) is 282 cm³/mol. The third-order valence-corrected chi connectivity index (χ3v) is 13.2. The van der Waals surface area contributed by atoms with Gasteiger partial charge in [0.25, 0.3) is 0 Å². The molecular weight excluding hydrogens is 1020 g/mol. The quantitative estimate of drug-likeness (QED) is 0.0155. The summed E-state index contributed by atoms with van der Waals surface area (Å²) in [6, 6.07) is 31.2. The number of esters is 7. The van der Waals surface area contributed by atoms with Crippen molar-refractivity contribution in [2.24, 2.45) is 17.8 Å². The standard InChI is InChI=1S/C60H64O19/c1-5-51(61)71-31-33-73-53(63)27-29-55(65)77-36-41(59(3,4)70)35-75-42-23-19-39(20-24-42)60(49-17-11-9-13-45(49)46-14-10-12-18-50(46)60)40-21-25-43(26-22-40)76-37-44(79-58(69)48-16-8-7-15-47(48)57(67)68)38-78-56(66)30-28-54(64)74-34-32-72-52(62)6-2/h5-14,17-26,41,44,47-48,70H,1-2,15-16,27-38H2,3-4H3,(H,67,68). The van der Waals surface area contributed by atoms with Crippen molar-refractivity contribution in [3.05, 3.63) is 157 Å². The Labute approximate surface area is 457 Å². The summed E-state index contributed by atoms with van der Waals surface area (Å²) >= 11 is 0. The second-order valence-electron chi connectivity index (χ2n) is 19.0. The van der Waals surface area contributed by atoms with E-state index in [0.29, 0.717) is 11.5 Å². The van der Waals surface area contributed by atoms with E-state index in [1.54, 1.807) is 38.1 Å². The van der Waals surface area contributed by atoms with E-state index in [2.05, 4.69) is 37.4 Å². The second kappa shape index (κ2) is 28.7. The van der Waals surface area contributed by atoms with Crippen molar-refractivity contribution in [2.75, 3.05) is 52.9 Å². The Morgan fingerprint density at radius 2 is 0.975 bits per heavy atom. The number of hydrogen-bond donors (Lipinski definition) is 2. The van der Waals surface area contributed by atoms with E-state index in [1.165, 1.54) is 0 Å². The molecule has 4 aromatic carbocycles. The zero-order valence-corrected chi connectivity index (χ0v) is 44.0. The molecule has 0 aliphatic heterocycles. The van der Waals surface area contributed by atoms with Gasteiger partial charge in [0.15, 0.2) is 6.10 Å². The Balaban J connectivity index is 1.15. The topological polar surface area (TPSA) is 260 Å². The Bertz CT molecular complexity index is 2800. The largest absolute Gasteiger partial charge is 0.493 e. The molecule has 418 valence electrons. The fourth-order valence-corrected chi connectivity index (χ4v) is 8.97. The molecule has 6 rings (SSSR count). The van der Waals surface area contributed by atoms with Crippen LogP contribution in [0.3, 0.4) is 0 Å². The number of aliphatic hydroxyl groups is 1. The fourth-order valence-electron chi connectivity index (χ4n) is 8.97. The maximum absolute atomic E-state index is 13.5. The van der Waals surface area contributed by atoms with Gasteiger partial charge in [-0.3, -0.25) is 28.8 Å². The van der Waals surface area contributed by atoms with Crippen LogP contribution in [0.15, 0.2) is 135 Å². The number of fused-ring (bicyclic) bond motifs is 3. The minimum Gasteiger partial charge on any atom is -0.493 e. The molecule has 2 aliphatic rings. The molecule has 4 unspecified atom stereocenters.